The van der Waals surface area contributed by atoms with Gasteiger partial charge in [0.15, 0.2) is 0 Å². The van der Waals surface area contributed by atoms with E-state index in [1.807, 2.05) is 0 Å². The molecule has 0 bridgehead atoms. The van der Waals surface area contributed by atoms with Gasteiger partial charge in [0, 0.05) is 0 Å². The Kier molecular flexibility index (Phi) is 413. The number of hydrogen-bond donors (Lipinski definition) is 3. The van der Waals surface area contributed by atoms with Gasteiger partial charge in [0.2, 0.25) is 0 Å². The van der Waals surface area contributed by atoms with E-state index >= 15 is 0 Å². The second-order valence-corrected chi connectivity index (χ2v) is 1.54. The monoisotopic (exact) mass is 524 g/mol. The van der Waals surface area contributed by atoms with E-state index in [2.05, 4.69) is 0 Å². The maximum absolute atomic E-state index is 8.88. The van der Waals surface area contributed by atoms with Crippen molar-refractivity contribution >= 4 is 310 Å². The molecule has 0 saturated carbocycles. The Labute approximate surface area is 345 Å². The van der Waals surface area contributed by atoms with Crippen LogP contribution >= 0.6 is 7.82 Å². The van der Waals surface area contributed by atoms with Crippen molar-refractivity contribution < 1.29 is 46.6 Å². The van der Waals surface area contributed by atoms with Crippen molar-refractivity contribution in [1.29, 1.82) is 0 Å². The second kappa shape index (κ2) is 71.3. The first-order valence-electron chi connectivity index (χ1n) is 0.783. The van der Waals surface area contributed by atoms with Crippen molar-refractivity contribution in [3.05, 3.63) is 0 Å². The number of phosphoric acid groups is 1. The van der Waals surface area contributed by atoms with Gasteiger partial charge >= 0.3 is 310 Å². The van der Waals surface area contributed by atoms with Crippen molar-refractivity contribution in [3.63, 3.8) is 0 Å². The summed E-state index contributed by atoms with van der Waals surface area (Å²) in [6.45, 7) is 0. The van der Waals surface area contributed by atoms with Crippen LogP contribution in [0.3, 0.4) is 0 Å². The van der Waals surface area contributed by atoms with E-state index in [4.69, 9.17) is 19.2 Å². The van der Waals surface area contributed by atoms with Gasteiger partial charge in [-0.3, -0.25) is 0 Å². The molecule has 0 aliphatic heterocycles. The van der Waals surface area contributed by atoms with Gasteiger partial charge in [-0.25, -0.2) is 4.57 Å². The molecule has 0 aliphatic rings. The Morgan fingerprint density at radius 3 is 0.444 bits per heavy atom. The number of hydrogen-bond acceptors (Lipinski definition) is 1. The zero-order valence-electron chi connectivity index (χ0n) is 4.70. The fourth-order valence-electron chi connectivity index (χ4n) is 0. The summed E-state index contributed by atoms with van der Waals surface area (Å²) in [6, 6.07) is 0. The van der Waals surface area contributed by atoms with Crippen LogP contribution in [0.25, 0.3) is 0 Å². The van der Waals surface area contributed by atoms with E-state index in [-0.39, 0.29) is 329 Å². The van der Waals surface area contributed by atoms with E-state index in [9.17, 15) is 0 Å². The molecule has 0 amide bonds. The van der Waals surface area contributed by atoms with Gasteiger partial charge in [-0.1, -0.05) is 0 Å². The first kappa shape index (κ1) is 104. The van der Waals surface area contributed by atoms with E-state index in [0.29, 0.717) is 0 Å². The molecule has 0 spiro atoms. The van der Waals surface area contributed by atoms with Crippen molar-refractivity contribution in [2.45, 2.75) is 0 Å². The van der Waals surface area contributed by atoms with Gasteiger partial charge in [-0.2, -0.15) is 0 Å². The van der Waals surface area contributed by atoms with Gasteiger partial charge < -0.3 is 42.1 Å². The molecule has 0 heterocycles. The summed E-state index contributed by atoms with van der Waals surface area (Å²) in [6.07, 6.45) is 0. The predicted octanol–water partition coefficient (Wildman–Crippen LogP) is -12.4. The first-order chi connectivity index (χ1) is 2.00. The molecular weight excluding hydrogens is 496 g/mol. The molecule has 0 fully saturated rings. The van der Waals surface area contributed by atoms with Crippen LogP contribution in [0.2, 0.25) is 0 Å². The van der Waals surface area contributed by atoms with Crippen molar-refractivity contribution in [3.8, 4) is 0 Å². The van der Waals surface area contributed by atoms with Gasteiger partial charge in [0.05, 0.1) is 0 Å². The molecule has 0 aromatic heterocycles. The van der Waals surface area contributed by atoms with Crippen LogP contribution in [-0.2, 0) is 4.57 Å². The molecular formula is H29Ca8O9P. The molecule has 0 aromatic carbocycles. The minimum absolute atomic E-state index is 0. The molecule has 0 saturated heterocycles. The summed E-state index contributed by atoms with van der Waals surface area (Å²) < 4.78 is 8.88. The van der Waals surface area contributed by atoms with Crippen LogP contribution in [0.5, 0.6) is 0 Å². The average Bonchev–Trinajstić information content (AvgIpc) is 0.722. The maximum atomic E-state index is 8.88. The SMILES string of the molecule is O.O.O.O.O.O=P(O)(O)O.[CaH2].[CaH2].[CaH2].[CaH2].[CaH2].[CaH2].[CaH2].[CaH2]. The fraction of sp³-hybridized carbons (Fsp3) is 0. The molecule has 0 rings (SSSR count). The molecule has 9 nitrogen and oxygen atoms in total. The van der Waals surface area contributed by atoms with Crippen LogP contribution in [-0.4, -0.2) is 344 Å². The Balaban J connectivity index is -0.00000000103. The third kappa shape index (κ3) is 163. The Morgan fingerprint density at radius 2 is 0.444 bits per heavy atom. The Hall–Kier alpha value is 9.99. The second-order valence-electron chi connectivity index (χ2n) is 0.513. The summed E-state index contributed by atoms with van der Waals surface area (Å²) >= 11 is 0. The quantitative estimate of drug-likeness (QED) is 0.206. The average molecular weight is 525 g/mol. The van der Waals surface area contributed by atoms with Crippen LogP contribution in [0.4, 0.5) is 0 Å². The van der Waals surface area contributed by atoms with Gasteiger partial charge in [0.25, 0.3) is 0 Å². The summed E-state index contributed by atoms with van der Waals surface area (Å²) in [7, 11) is -4.64. The minimum atomic E-state index is -4.64. The summed E-state index contributed by atoms with van der Waals surface area (Å²) in [5.41, 5.74) is 0. The number of rotatable bonds is 0. The Morgan fingerprint density at radius 1 is 0.444 bits per heavy atom. The third-order valence-corrected chi connectivity index (χ3v) is 0. The van der Waals surface area contributed by atoms with Crippen molar-refractivity contribution in [2.75, 3.05) is 0 Å². The van der Waals surface area contributed by atoms with Crippen LogP contribution < -0.4 is 0 Å². The van der Waals surface area contributed by atoms with Gasteiger partial charge in [0.1, 0.15) is 0 Å². The third-order valence-electron chi connectivity index (χ3n) is 0. The van der Waals surface area contributed by atoms with E-state index < -0.39 is 7.82 Å². The predicted molar refractivity (Wildman–Crippen MR) is 101 cm³/mol. The van der Waals surface area contributed by atoms with Crippen molar-refractivity contribution in [1.82, 2.24) is 0 Å². The van der Waals surface area contributed by atoms with Gasteiger partial charge in [-0.05, 0) is 0 Å². The normalized spacial score (nSPS) is 3.28. The molecule has 0 unspecified atom stereocenters. The van der Waals surface area contributed by atoms with Crippen LogP contribution in [0.1, 0.15) is 0 Å². The van der Waals surface area contributed by atoms with Crippen molar-refractivity contribution in [2.24, 2.45) is 0 Å². The summed E-state index contributed by atoms with van der Waals surface area (Å²) in [5, 5.41) is 0. The molecule has 0 atom stereocenters. The molecule has 0 aromatic rings. The van der Waals surface area contributed by atoms with E-state index in [1.165, 1.54) is 0 Å². The van der Waals surface area contributed by atoms with Crippen LogP contribution in [0, 0.1) is 0 Å². The zero-order chi connectivity index (χ0) is 4.50. The molecule has 18 heavy (non-hydrogen) atoms. The molecule has 0 aliphatic carbocycles. The summed E-state index contributed by atoms with van der Waals surface area (Å²) in [4.78, 5) is 21.6. The topological polar surface area (TPSA) is 235 Å². The van der Waals surface area contributed by atoms with E-state index in [0.717, 1.165) is 0 Å². The summed E-state index contributed by atoms with van der Waals surface area (Å²) in [5.74, 6) is 0. The zero-order valence-corrected chi connectivity index (χ0v) is 5.59. The van der Waals surface area contributed by atoms with Crippen LogP contribution in [0.15, 0.2) is 0 Å². The van der Waals surface area contributed by atoms with E-state index in [1.54, 1.807) is 0 Å². The molecule has 104 valence electrons. The van der Waals surface area contributed by atoms with Gasteiger partial charge in [-0.15, -0.1) is 0 Å². The standard InChI is InChI=1S/8Ca.H3O4P.5H2O.16H/c;;;;;;;;1-5(2,3)4;;;;;;;;;;;;;;;;;;;;;/h;;;;;;;;(H3,1,2,3,4);5*1H2;;;;;;;;;;;;;;;;. The Bertz CT molecular complexity index is 68.7. The molecule has 0 radical (unpaired) electrons. The fourth-order valence-corrected chi connectivity index (χ4v) is 0. The first-order valence-corrected chi connectivity index (χ1v) is 2.35. The molecule has 13 N–H and O–H groups in total. The molecule has 18 heteroatoms.